The number of rotatable bonds is 1. The summed E-state index contributed by atoms with van der Waals surface area (Å²) >= 11 is 0. The van der Waals surface area contributed by atoms with Crippen LogP contribution in [0.25, 0.3) is 0 Å². The number of hydrogen-bond donors (Lipinski definition) is 1. The molecule has 0 saturated carbocycles. The molecule has 0 radical (unpaired) electrons. The lowest BCUT2D eigenvalue weighted by Gasteiger charge is -2.16. The molecule has 96 valence electrons. The van der Waals surface area contributed by atoms with Crippen molar-refractivity contribution < 1.29 is 4.79 Å². The van der Waals surface area contributed by atoms with Crippen LogP contribution in [0.4, 0.5) is 5.69 Å². The topological polar surface area (TPSA) is 41.5 Å². The lowest BCUT2D eigenvalue weighted by molar-refractivity contribution is -0.114. The summed E-state index contributed by atoms with van der Waals surface area (Å²) in [6, 6.07) is 7.95. The third-order valence-electron chi connectivity index (χ3n) is 3.53. The van der Waals surface area contributed by atoms with E-state index in [0.717, 1.165) is 5.69 Å². The Labute approximate surface area is 112 Å². The van der Waals surface area contributed by atoms with Crippen molar-refractivity contribution in [1.29, 1.82) is 0 Å². The first-order valence-electron chi connectivity index (χ1n) is 6.46. The molecular formula is C16H16N2O. The zero-order valence-electron chi connectivity index (χ0n) is 11.1. The average molecular weight is 252 g/mol. The smallest absolute Gasteiger partial charge is 0.266 e. The predicted octanol–water partition coefficient (Wildman–Crippen LogP) is 2.70. The number of amides is 1. The molecule has 2 atom stereocenters. The number of nitrogens with one attached hydrogen (secondary N) is 1. The molecule has 3 nitrogen and oxygen atoms in total. The minimum Gasteiger partial charge on any atom is -0.344 e. The summed E-state index contributed by atoms with van der Waals surface area (Å²) in [5.41, 5.74) is 3.80. The molecule has 1 heterocycles. The molecule has 3 rings (SSSR count). The summed E-state index contributed by atoms with van der Waals surface area (Å²) in [6.07, 6.45) is 6.18. The van der Waals surface area contributed by atoms with Crippen LogP contribution in [0.1, 0.15) is 12.5 Å². The number of hydrogen-bond acceptors (Lipinski definition) is 2. The van der Waals surface area contributed by atoms with E-state index < -0.39 is 0 Å². The fourth-order valence-electron chi connectivity index (χ4n) is 2.46. The van der Waals surface area contributed by atoms with Gasteiger partial charge in [-0.3, -0.25) is 4.79 Å². The maximum atomic E-state index is 12.0. The monoisotopic (exact) mass is 252 g/mol. The summed E-state index contributed by atoms with van der Waals surface area (Å²) in [7, 11) is 0. The van der Waals surface area contributed by atoms with E-state index in [4.69, 9.17) is 0 Å². The third kappa shape index (κ3) is 2.24. The molecule has 0 spiro atoms. The Balaban J connectivity index is 1.97. The number of benzene rings is 1. The van der Waals surface area contributed by atoms with Crippen molar-refractivity contribution in [2.45, 2.75) is 19.9 Å². The fourth-order valence-corrected chi connectivity index (χ4v) is 2.46. The van der Waals surface area contributed by atoms with Crippen molar-refractivity contribution in [2.75, 3.05) is 0 Å². The molecule has 1 aliphatic heterocycles. The number of allylic oxidation sites excluding steroid dienone is 2. The van der Waals surface area contributed by atoms with Gasteiger partial charge in [-0.05, 0) is 26.0 Å². The Morgan fingerprint density at radius 3 is 2.63 bits per heavy atom. The number of aliphatic imine (C=N–C) groups is 1. The lowest BCUT2D eigenvalue weighted by Crippen LogP contribution is -2.27. The quantitative estimate of drug-likeness (QED) is 0.820. The summed E-state index contributed by atoms with van der Waals surface area (Å²) in [4.78, 5) is 16.5. The van der Waals surface area contributed by atoms with Gasteiger partial charge in [0.1, 0.15) is 5.71 Å². The van der Waals surface area contributed by atoms with Crippen LogP contribution < -0.4 is 5.32 Å². The highest BCUT2D eigenvalue weighted by molar-refractivity contribution is 6.43. The van der Waals surface area contributed by atoms with Crippen molar-refractivity contribution in [3.05, 3.63) is 53.6 Å². The van der Waals surface area contributed by atoms with Gasteiger partial charge in [0.25, 0.3) is 5.91 Å². The van der Waals surface area contributed by atoms with Crippen LogP contribution in [0.3, 0.4) is 0 Å². The van der Waals surface area contributed by atoms with Crippen LogP contribution in [-0.2, 0) is 4.79 Å². The largest absolute Gasteiger partial charge is 0.344 e. The number of aryl methyl sites for hydroxylation is 1. The van der Waals surface area contributed by atoms with Crippen molar-refractivity contribution >= 4 is 17.3 Å². The van der Waals surface area contributed by atoms with Gasteiger partial charge in [0.15, 0.2) is 0 Å². The zero-order chi connectivity index (χ0) is 13.4. The normalized spacial score (nSPS) is 27.2. The van der Waals surface area contributed by atoms with Gasteiger partial charge in [-0.1, -0.05) is 41.5 Å². The molecule has 2 unspecified atom stereocenters. The molecule has 19 heavy (non-hydrogen) atoms. The number of carbonyl (C=O) groups excluding carboxylic acids is 1. The SMILES string of the molecule is CC1=CC2C(=Nc3ccc(C)cc3)C(=O)NC2C=C1. The van der Waals surface area contributed by atoms with E-state index in [2.05, 4.69) is 16.4 Å². The van der Waals surface area contributed by atoms with Gasteiger partial charge in [0.05, 0.1) is 11.7 Å². The molecule has 0 aromatic heterocycles. The van der Waals surface area contributed by atoms with E-state index >= 15 is 0 Å². The van der Waals surface area contributed by atoms with Gasteiger partial charge >= 0.3 is 0 Å². The lowest BCUT2D eigenvalue weighted by atomic mass is 9.91. The van der Waals surface area contributed by atoms with Gasteiger partial charge in [0, 0.05) is 5.92 Å². The van der Waals surface area contributed by atoms with Crippen LogP contribution >= 0.6 is 0 Å². The van der Waals surface area contributed by atoms with Gasteiger partial charge in [-0.25, -0.2) is 4.99 Å². The number of carbonyl (C=O) groups is 1. The maximum Gasteiger partial charge on any atom is 0.266 e. The molecule has 1 aromatic carbocycles. The highest BCUT2D eigenvalue weighted by Crippen LogP contribution is 2.26. The predicted molar refractivity (Wildman–Crippen MR) is 76.6 cm³/mol. The average Bonchev–Trinajstić information content (AvgIpc) is 2.69. The molecule has 1 fully saturated rings. The molecule has 1 aliphatic carbocycles. The minimum atomic E-state index is -0.0637. The van der Waals surface area contributed by atoms with Gasteiger partial charge < -0.3 is 5.32 Å². The molecular weight excluding hydrogens is 236 g/mol. The van der Waals surface area contributed by atoms with Gasteiger partial charge in [-0.2, -0.15) is 0 Å². The van der Waals surface area contributed by atoms with E-state index in [0.29, 0.717) is 5.71 Å². The van der Waals surface area contributed by atoms with Gasteiger partial charge in [-0.15, -0.1) is 0 Å². The van der Waals surface area contributed by atoms with Gasteiger partial charge in [0.2, 0.25) is 0 Å². The van der Waals surface area contributed by atoms with Crippen LogP contribution in [0.2, 0.25) is 0 Å². The van der Waals surface area contributed by atoms with E-state index in [9.17, 15) is 4.79 Å². The second-order valence-electron chi connectivity index (χ2n) is 5.13. The number of nitrogens with zero attached hydrogens (tertiary/aromatic N) is 1. The first kappa shape index (κ1) is 11.9. The molecule has 2 aliphatic rings. The number of fused-ring (bicyclic) bond motifs is 1. The standard InChI is InChI=1S/C16H16N2O/c1-10-3-6-12(7-4-10)17-15-13-9-11(2)5-8-14(13)18-16(15)19/h3-9,13-14H,1-2H3,(H,18,19). The van der Waals surface area contributed by atoms with Crippen LogP contribution in [0.5, 0.6) is 0 Å². The van der Waals surface area contributed by atoms with Crippen molar-refractivity contribution in [3.63, 3.8) is 0 Å². The highest BCUT2D eigenvalue weighted by atomic mass is 16.2. The Morgan fingerprint density at radius 1 is 1.16 bits per heavy atom. The Morgan fingerprint density at radius 2 is 1.89 bits per heavy atom. The minimum absolute atomic E-state index is 0.0544. The third-order valence-corrected chi connectivity index (χ3v) is 3.53. The summed E-state index contributed by atoms with van der Waals surface area (Å²) in [6.45, 7) is 4.08. The Hall–Kier alpha value is -2.16. The molecule has 1 N–H and O–H groups in total. The first-order chi connectivity index (χ1) is 9.13. The summed E-state index contributed by atoms with van der Waals surface area (Å²) in [5, 5.41) is 2.96. The maximum absolute atomic E-state index is 12.0. The summed E-state index contributed by atoms with van der Waals surface area (Å²) in [5.74, 6) is -0.00928. The molecule has 1 amide bonds. The second kappa shape index (κ2) is 4.50. The van der Waals surface area contributed by atoms with E-state index in [1.165, 1.54) is 11.1 Å². The summed E-state index contributed by atoms with van der Waals surface area (Å²) < 4.78 is 0. The first-order valence-corrected chi connectivity index (χ1v) is 6.46. The Kier molecular flexibility index (Phi) is 2.82. The van der Waals surface area contributed by atoms with Crippen molar-refractivity contribution in [2.24, 2.45) is 10.9 Å². The van der Waals surface area contributed by atoms with Crippen molar-refractivity contribution in [3.8, 4) is 0 Å². The van der Waals surface area contributed by atoms with Crippen LogP contribution in [0.15, 0.2) is 53.1 Å². The molecule has 1 aromatic rings. The van der Waals surface area contributed by atoms with E-state index in [-0.39, 0.29) is 17.9 Å². The molecule has 1 saturated heterocycles. The highest BCUT2D eigenvalue weighted by Gasteiger charge is 2.37. The Bertz CT molecular complexity index is 608. The zero-order valence-corrected chi connectivity index (χ0v) is 11.1. The molecule has 3 heteroatoms. The van der Waals surface area contributed by atoms with Crippen LogP contribution in [-0.4, -0.2) is 17.7 Å². The second-order valence-corrected chi connectivity index (χ2v) is 5.13. The molecule has 0 bridgehead atoms. The van der Waals surface area contributed by atoms with Crippen LogP contribution in [0, 0.1) is 12.8 Å². The van der Waals surface area contributed by atoms with Crippen molar-refractivity contribution in [1.82, 2.24) is 5.32 Å². The van der Waals surface area contributed by atoms with E-state index in [1.807, 2.05) is 50.3 Å². The van der Waals surface area contributed by atoms with E-state index in [1.54, 1.807) is 0 Å². The fraction of sp³-hybridized carbons (Fsp3) is 0.250.